The van der Waals surface area contributed by atoms with Gasteiger partial charge in [0.25, 0.3) is 5.91 Å². The van der Waals surface area contributed by atoms with Gasteiger partial charge in [-0.3, -0.25) is 4.79 Å². The van der Waals surface area contributed by atoms with Gasteiger partial charge in [0.1, 0.15) is 0 Å². The summed E-state index contributed by atoms with van der Waals surface area (Å²) in [5.41, 5.74) is 0.316. The summed E-state index contributed by atoms with van der Waals surface area (Å²) >= 11 is 0. The van der Waals surface area contributed by atoms with Crippen LogP contribution in [0, 0.1) is 11.8 Å². The molecule has 1 atom stereocenters. The molecule has 1 aliphatic rings. The Morgan fingerprint density at radius 3 is 2.86 bits per heavy atom. The first kappa shape index (κ1) is 18.0. The first-order chi connectivity index (χ1) is 13.6. The summed E-state index contributed by atoms with van der Waals surface area (Å²) in [5.74, 6) is -1.26. The lowest BCUT2D eigenvalue weighted by atomic mass is 9.97. The van der Waals surface area contributed by atoms with Crippen molar-refractivity contribution >= 4 is 5.91 Å². The second-order valence-electron chi connectivity index (χ2n) is 6.41. The number of aromatic nitrogens is 3. The Balaban J connectivity index is 1.45. The smallest absolute Gasteiger partial charge is 0.359 e. The number of piperidine rings is 1. The highest BCUT2D eigenvalue weighted by Crippen LogP contribution is 2.29. The highest BCUT2D eigenvalue weighted by atomic mass is 19.1. The van der Waals surface area contributed by atoms with Gasteiger partial charge in [0.05, 0.1) is 11.5 Å². The van der Waals surface area contributed by atoms with E-state index in [1.54, 1.807) is 17.0 Å². The minimum atomic E-state index is -0.638. The number of pyridine rings is 1. The molecule has 9 heteroatoms. The molecular weight excluding hydrogens is 370 g/mol. The number of carbonyl (C=O) groups excluding carboxylic acids is 1. The van der Waals surface area contributed by atoms with Crippen molar-refractivity contribution in [2.75, 3.05) is 13.1 Å². The van der Waals surface area contributed by atoms with Crippen molar-refractivity contribution in [1.29, 1.82) is 0 Å². The van der Waals surface area contributed by atoms with Crippen LogP contribution in [0.4, 0.5) is 8.78 Å². The number of para-hydroxylation sites is 1. The molecule has 0 bridgehead atoms. The van der Waals surface area contributed by atoms with Crippen LogP contribution in [0.3, 0.4) is 0 Å². The summed E-state index contributed by atoms with van der Waals surface area (Å²) in [6.07, 6.45) is 2.72. The van der Waals surface area contributed by atoms with E-state index in [0.717, 1.165) is 18.9 Å². The van der Waals surface area contributed by atoms with Crippen molar-refractivity contribution in [3.8, 4) is 11.8 Å². The molecule has 28 heavy (non-hydrogen) atoms. The summed E-state index contributed by atoms with van der Waals surface area (Å²) in [6, 6.07) is 8.38. The lowest BCUT2D eigenvalue weighted by Gasteiger charge is -2.30. The highest BCUT2D eigenvalue weighted by molar-refractivity contribution is 5.94. The summed E-state index contributed by atoms with van der Waals surface area (Å²) in [7, 11) is 0. The van der Waals surface area contributed by atoms with Gasteiger partial charge >= 0.3 is 6.01 Å². The van der Waals surface area contributed by atoms with Crippen molar-refractivity contribution in [2.45, 2.75) is 18.8 Å². The Bertz CT molecular complexity index is 977. The molecule has 1 aromatic carbocycles. The monoisotopic (exact) mass is 386 g/mol. The molecule has 3 aromatic rings. The molecule has 0 unspecified atom stereocenters. The fraction of sp³-hybridized carbons (Fsp3) is 0.263. The summed E-state index contributed by atoms with van der Waals surface area (Å²) in [5, 5.41) is 3.74. The van der Waals surface area contributed by atoms with Gasteiger partial charge in [-0.05, 0) is 42.3 Å². The normalized spacial score (nSPS) is 16.8. The van der Waals surface area contributed by atoms with Crippen LogP contribution in [0.25, 0.3) is 0 Å². The SMILES string of the molecule is O=C(c1ccc(F)nc1)N1CCC[C@H](c2nc(Oc3ccccc3F)no2)C1. The Kier molecular flexibility index (Phi) is 4.96. The van der Waals surface area contributed by atoms with Crippen molar-refractivity contribution in [2.24, 2.45) is 0 Å². The number of rotatable bonds is 4. The topological polar surface area (TPSA) is 81.4 Å². The molecule has 0 aliphatic carbocycles. The van der Waals surface area contributed by atoms with Crippen LogP contribution in [0.15, 0.2) is 47.1 Å². The average Bonchev–Trinajstić information content (AvgIpc) is 3.19. The number of benzene rings is 1. The fourth-order valence-electron chi connectivity index (χ4n) is 3.10. The number of hydrogen-bond donors (Lipinski definition) is 0. The highest BCUT2D eigenvalue weighted by Gasteiger charge is 2.29. The molecule has 3 heterocycles. The first-order valence-corrected chi connectivity index (χ1v) is 8.77. The van der Waals surface area contributed by atoms with Gasteiger partial charge in [0, 0.05) is 19.3 Å². The van der Waals surface area contributed by atoms with E-state index in [0.29, 0.717) is 24.5 Å². The van der Waals surface area contributed by atoms with E-state index in [9.17, 15) is 13.6 Å². The number of amides is 1. The van der Waals surface area contributed by atoms with Crippen molar-refractivity contribution in [3.63, 3.8) is 0 Å². The molecule has 4 rings (SSSR count). The van der Waals surface area contributed by atoms with E-state index < -0.39 is 11.8 Å². The molecule has 0 N–H and O–H groups in total. The molecule has 1 saturated heterocycles. The third-order valence-corrected chi connectivity index (χ3v) is 4.49. The first-order valence-electron chi connectivity index (χ1n) is 8.77. The molecular formula is C19H16F2N4O3. The van der Waals surface area contributed by atoms with Gasteiger partial charge in [0.2, 0.25) is 11.8 Å². The molecule has 1 aliphatic heterocycles. The maximum Gasteiger partial charge on any atom is 0.359 e. The van der Waals surface area contributed by atoms with Crippen molar-refractivity contribution in [3.05, 3.63) is 65.8 Å². The van der Waals surface area contributed by atoms with E-state index in [1.165, 1.54) is 24.4 Å². The van der Waals surface area contributed by atoms with Crippen molar-refractivity contribution < 1.29 is 22.8 Å². The standard InChI is InChI=1S/C19H16F2N4O3/c20-14-5-1-2-6-15(14)27-19-23-17(28-24-19)13-4-3-9-25(11-13)18(26)12-7-8-16(21)22-10-12/h1-2,5-8,10,13H,3-4,9,11H2/t13-/m0/s1. The molecule has 0 saturated carbocycles. The van der Waals surface area contributed by atoms with E-state index in [1.807, 2.05) is 0 Å². The summed E-state index contributed by atoms with van der Waals surface area (Å²) in [4.78, 5) is 21.9. The lowest BCUT2D eigenvalue weighted by molar-refractivity contribution is 0.0695. The maximum atomic E-state index is 13.7. The number of carbonyl (C=O) groups is 1. The van der Waals surface area contributed by atoms with Gasteiger partial charge in [-0.15, -0.1) is 0 Å². The van der Waals surface area contributed by atoms with Crippen LogP contribution < -0.4 is 4.74 Å². The number of nitrogens with zero attached hydrogens (tertiary/aromatic N) is 4. The number of halogens is 2. The second kappa shape index (κ2) is 7.71. The molecule has 144 valence electrons. The summed E-state index contributed by atoms with van der Waals surface area (Å²) < 4.78 is 37.2. The Morgan fingerprint density at radius 2 is 2.07 bits per heavy atom. The second-order valence-corrected chi connectivity index (χ2v) is 6.41. The van der Waals surface area contributed by atoms with E-state index in [2.05, 4.69) is 15.1 Å². The zero-order valence-corrected chi connectivity index (χ0v) is 14.7. The minimum absolute atomic E-state index is 0.000826. The largest absolute Gasteiger partial charge is 0.419 e. The molecule has 7 nitrogen and oxygen atoms in total. The number of ether oxygens (including phenoxy) is 1. The van der Waals surface area contributed by atoms with E-state index in [-0.39, 0.29) is 23.6 Å². The minimum Gasteiger partial charge on any atom is -0.419 e. The van der Waals surface area contributed by atoms with Crippen LogP contribution >= 0.6 is 0 Å². The summed E-state index contributed by atoms with van der Waals surface area (Å²) in [6.45, 7) is 0.941. The number of likely N-dealkylation sites (tertiary alicyclic amines) is 1. The van der Waals surface area contributed by atoms with Crippen LogP contribution in [-0.2, 0) is 0 Å². The van der Waals surface area contributed by atoms with Gasteiger partial charge in [0.15, 0.2) is 11.6 Å². The molecule has 1 fully saturated rings. The predicted octanol–water partition coefficient (Wildman–Crippen LogP) is 3.55. The average molecular weight is 386 g/mol. The number of hydrogen-bond acceptors (Lipinski definition) is 6. The van der Waals surface area contributed by atoms with E-state index >= 15 is 0 Å². The van der Waals surface area contributed by atoms with Crippen LogP contribution in [0.2, 0.25) is 0 Å². The fourth-order valence-corrected chi connectivity index (χ4v) is 3.10. The van der Waals surface area contributed by atoms with Gasteiger partial charge in [-0.2, -0.15) is 9.37 Å². The van der Waals surface area contributed by atoms with Crippen LogP contribution in [0.5, 0.6) is 11.8 Å². The Labute approximate surface area is 159 Å². The van der Waals surface area contributed by atoms with Crippen LogP contribution in [-0.4, -0.2) is 39.0 Å². The lowest BCUT2D eigenvalue weighted by Crippen LogP contribution is -2.39. The van der Waals surface area contributed by atoms with Gasteiger partial charge in [-0.25, -0.2) is 9.37 Å². The predicted molar refractivity (Wildman–Crippen MR) is 92.8 cm³/mol. The Morgan fingerprint density at radius 1 is 1.21 bits per heavy atom. The molecule has 2 aromatic heterocycles. The zero-order chi connectivity index (χ0) is 19.5. The molecule has 1 amide bonds. The Hall–Kier alpha value is -3.36. The third-order valence-electron chi connectivity index (χ3n) is 4.49. The van der Waals surface area contributed by atoms with Gasteiger partial charge < -0.3 is 14.2 Å². The quantitative estimate of drug-likeness (QED) is 0.638. The molecule has 0 radical (unpaired) electrons. The van der Waals surface area contributed by atoms with Gasteiger partial charge in [-0.1, -0.05) is 12.1 Å². The third kappa shape index (κ3) is 3.83. The van der Waals surface area contributed by atoms with Crippen LogP contribution in [0.1, 0.15) is 35.0 Å². The van der Waals surface area contributed by atoms with Crippen molar-refractivity contribution in [1.82, 2.24) is 20.0 Å². The maximum absolute atomic E-state index is 13.7. The molecule has 0 spiro atoms. The van der Waals surface area contributed by atoms with E-state index in [4.69, 9.17) is 9.26 Å². The zero-order valence-electron chi connectivity index (χ0n) is 14.7.